The van der Waals surface area contributed by atoms with E-state index in [1.165, 1.54) is 6.07 Å². The van der Waals surface area contributed by atoms with Crippen molar-refractivity contribution in [2.24, 2.45) is 5.92 Å². The largest absolute Gasteiger partial charge is 0.394 e. The van der Waals surface area contributed by atoms with Crippen LogP contribution in [0.4, 0.5) is 4.39 Å². The van der Waals surface area contributed by atoms with Gasteiger partial charge in [0.1, 0.15) is 5.82 Å². The fraction of sp³-hybridized carbons (Fsp3) is 0.429. The predicted molar refractivity (Wildman–Crippen MR) is 81.2 cm³/mol. The lowest BCUT2D eigenvalue weighted by molar-refractivity contribution is 0.0909. The summed E-state index contributed by atoms with van der Waals surface area (Å²) in [5.41, 5.74) is 1.06. The summed E-state index contributed by atoms with van der Waals surface area (Å²) in [6, 6.07) is 2.06. The summed E-state index contributed by atoms with van der Waals surface area (Å²) in [6.07, 6.45) is 0.643. The van der Waals surface area contributed by atoms with Crippen molar-refractivity contribution in [3.63, 3.8) is 0 Å². The van der Waals surface area contributed by atoms with Gasteiger partial charge in [0.15, 0.2) is 4.77 Å². The zero-order valence-corrected chi connectivity index (χ0v) is 12.7. The summed E-state index contributed by atoms with van der Waals surface area (Å²) in [4.78, 5) is 17.9. The lowest BCUT2D eigenvalue weighted by Crippen LogP contribution is -2.38. The summed E-state index contributed by atoms with van der Waals surface area (Å²) < 4.78 is 13.9. The van der Waals surface area contributed by atoms with Crippen molar-refractivity contribution in [3.05, 3.63) is 28.3 Å². The first-order valence-electron chi connectivity index (χ1n) is 6.74. The maximum atomic E-state index is 13.6. The van der Waals surface area contributed by atoms with Crippen LogP contribution in [0.15, 0.2) is 12.1 Å². The smallest absolute Gasteiger partial charge is 0.253 e. The van der Waals surface area contributed by atoms with Crippen molar-refractivity contribution in [2.75, 3.05) is 6.61 Å². The fourth-order valence-corrected chi connectivity index (χ4v) is 2.51. The van der Waals surface area contributed by atoms with Crippen molar-refractivity contribution in [1.29, 1.82) is 0 Å². The normalized spacial score (nSPS) is 12.8. The average Bonchev–Trinajstić information content (AvgIpc) is 2.76. The van der Waals surface area contributed by atoms with Crippen LogP contribution in [0.25, 0.3) is 11.0 Å². The quantitative estimate of drug-likeness (QED) is 0.640. The molecule has 7 heteroatoms. The monoisotopic (exact) mass is 311 g/mol. The number of amides is 1. The van der Waals surface area contributed by atoms with E-state index in [-0.39, 0.29) is 18.2 Å². The van der Waals surface area contributed by atoms with Crippen LogP contribution < -0.4 is 5.32 Å². The van der Waals surface area contributed by atoms with Crippen LogP contribution in [-0.4, -0.2) is 33.6 Å². The van der Waals surface area contributed by atoms with Crippen LogP contribution in [0.1, 0.15) is 30.6 Å². The average molecular weight is 311 g/mol. The Morgan fingerprint density at radius 1 is 1.43 bits per heavy atom. The Morgan fingerprint density at radius 2 is 2.14 bits per heavy atom. The van der Waals surface area contributed by atoms with Gasteiger partial charge < -0.3 is 20.4 Å². The molecular weight excluding hydrogens is 293 g/mol. The van der Waals surface area contributed by atoms with Gasteiger partial charge in [0, 0.05) is 0 Å². The molecule has 1 heterocycles. The summed E-state index contributed by atoms with van der Waals surface area (Å²) in [6.45, 7) is 3.84. The molecule has 0 aliphatic carbocycles. The topological polar surface area (TPSA) is 80.9 Å². The molecule has 21 heavy (non-hydrogen) atoms. The van der Waals surface area contributed by atoms with Gasteiger partial charge in [0.05, 0.1) is 29.2 Å². The van der Waals surface area contributed by atoms with Gasteiger partial charge in [0.2, 0.25) is 0 Å². The summed E-state index contributed by atoms with van der Waals surface area (Å²) in [7, 11) is 0. The van der Waals surface area contributed by atoms with Crippen LogP contribution in [0.2, 0.25) is 0 Å². The van der Waals surface area contributed by atoms with Gasteiger partial charge in [-0.3, -0.25) is 4.79 Å². The number of benzene rings is 1. The highest BCUT2D eigenvalue weighted by Crippen LogP contribution is 2.18. The molecule has 114 valence electrons. The molecule has 0 bridgehead atoms. The molecule has 1 amide bonds. The SMILES string of the molecule is CC(C)C[C@H](CO)NC(=O)c1cc(F)cc2[nH]c(=S)[nH]c12. The standard InChI is InChI=1S/C14H18FN3O2S/c1-7(2)3-9(6-19)16-13(20)10-4-8(15)5-11-12(10)18-14(21)17-11/h4-5,7,9,19H,3,6H2,1-2H3,(H,16,20)(H2,17,18,21)/t9-/m1/s1. The lowest BCUT2D eigenvalue weighted by Gasteiger charge is -2.18. The molecule has 1 atom stereocenters. The number of aliphatic hydroxyl groups excluding tert-OH is 1. The minimum absolute atomic E-state index is 0.161. The molecule has 2 rings (SSSR count). The third-order valence-electron chi connectivity index (χ3n) is 3.15. The number of H-pyrrole nitrogens is 2. The first-order chi connectivity index (χ1) is 9.90. The van der Waals surface area contributed by atoms with E-state index >= 15 is 0 Å². The number of carbonyl (C=O) groups is 1. The Morgan fingerprint density at radius 3 is 2.76 bits per heavy atom. The molecule has 4 N–H and O–H groups in total. The number of hydrogen-bond donors (Lipinski definition) is 4. The van der Waals surface area contributed by atoms with Gasteiger partial charge in [-0.05, 0) is 36.7 Å². The van der Waals surface area contributed by atoms with E-state index in [4.69, 9.17) is 12.2 Å². The fourth-order valence-electron chi connectivity index (χ4n) is 2.30. The van der Waals surface area contributed by atoms with Crippen molar-refractivity contribution in [1.82, 2.24) is 15.3 Å². The minimum atomic E-state index is -0.526. The third-order valence-corrected chi connectivity index (χ3v) is 3.35. The van der Waals surface area contributed by atoms with Crippen molar-refractivity contribution in [2.45, 2.75) is 26.3 Å². The minimum Gasteiger partial charge on any atom is -0.394 e. The molecule has 2 aromatic rings. The number of rotatable bonds is 5. The number of imidazole rings is 1. The second-order valence-electron chi connectivity index (χ2n) is 5.44. The van der Waals surface area contributed by atoms with E-state index in [1.807, 2.05) is 13.8 Å². The van der Waals surface area contributed by atoms with E-state index in [9.17, 15) is 14.3 Å². The van der Waals surface area contributed by atoms with E-state index in [2.05, 4.69) is 15.3 Å². The first-order valence-corrected chi connectivity index (χ1v) is 7.14. The van der Waals surface area contributed by atoms with Crippen molar-refractivity contribution < 1.29 is 14.3 Å². The second-order valence-corrected chi connectivity index (χ2v) is 5.85. The number of fused-ring (bicyclic) bond motifs is 1. The van der Waals surface area contributed by atoms with E-state index in [0.717, 1.165) is 6.07 Å². The third kappa shape index (κ3) is 3.68. The van der Waals surface area contributed by atoms with Gasteiger partial charge in [0.25, 0.3) is 5.91 Å². The Bertz CT molecular complexity index is 708. The van der Waals surface area contributed by atoms with Crippen LogP contribution in [-0.2, 0) is 0 Å². The number of aromatic nitrogens is 2. The molecule has 1 aromatic carbocycles. The zero-order chi connectivity index (χ0) is 15.6. The van der Waals surface area contributed by atoms with E-state index in [0.29, 0.717) is 28.1 Å². The molecular formula is C14H18FN3O2S. The van der Waals surface area contributed by atoms with Gasteiger partial charge in [-0.2, -0.15) is 0 Å². The molecule has 0 fully saturated rings. The number of hydrogen-bond acceptors (Lipinski definition) is 3. The molecule has 0 aliphatic rings. The van der Waals surface area contributed by atoms with Crippen LogP contribution in [0.5, 0.6) is 0 Å². The van der Waals surface area contributed by atoms with Gasteiger partial charge in [-0.15, -0.1) is 0 Å². The molecule has 1 aromatic heterocycles. The molecule has 0 radical (unpaired) electrons. The highest BCUT2D eigenvalue weighted by Gasteiger charge is 2.18. The summed E-state index contributed by atoms with van der Waals surface area (Å²) >= 11 is 4.96. The van der Waals surface area contributed by atoms with Crippen LogP contribution in [0.3, 0.4) is 0 Å². The van der Waals surface area contributed by atoms with Gasteiger partial charge >= 0.3 is 0 Å². The molecule has 5 nitrogen and oxygen atoms in total. The highest BCUT2D eigenvalue weighted by atomic mass is 32.1. The Hall–Kier alpha value is -1.73. The lowest BCUT2D eigenvalue weighted by atomic mass is 10.0. The van der Waals surface area contributed by atoms with Gasteiger partial charge in [-0.25, -0.2) is 4.39 Å². The molecule has 0 aliphatic heterocycles. The Balaban J connectivity index is 2.32. The maximum Gasteiger partial charge on any atom is 0.253 e. The van der Waals surface area contributed by atoms with E-state index in [1.54, 1.807) is 0 Å². The van der Waals surface area contributed by atoms with Crippen LogP contribution >= 0.6 is 12.2 Å². The van der Waals surface area contributed by atoms with Gasteiger partial charge in [-0.1, -0.05) is 13.8 Å². The van der Waals surface area contributed by atoms with Crippen molar-refractivity contribution in [3.8, 4) is 0 Å². The first kappa shape index (κ1) is 15.7. The molecule has 0 spiro atoms. The molecule has 0 saturated heterocycles. The Labute approximate surface area is 126 Å². The zero-order valence-electron chi connectivity index (χ0n) is 11.9. The Kier molecular flexibility index (Phi) is 4.74. The number of aromatic amines is 2. The predicted octanol–water partition coefficient (Wildman–Crippen LogP) is 2.50. The van der Waals surface area contributed by atoms with Crippen LogP contribution in [0, 0.1) is 16.5 Å². The molecule has 0 saturated carbocycles. The summed E-state index contributed by atoms with van der Waals surface area (Å²) in [5.74, 6) is -0.639. The maximum absolute atomic E-state index is 13.6. The highest BCUT2D eigenvalue weighted by molar-refractivity contribution is 7.71. The summed E-state index contributed by atoms with van der Waals surface area (Å²) in [5, 5.41) is 12.0. The second kappa shape index (κ2) is 6.36. The number of aliphatic hydroxyl groups is 1. The number of nitrogens with one attached hydrogen (secondary N) is 3. The van der Waals surface area contributed by atoms with Crippen molar-refractivity contribution >= 4 is 29.2 Å². The van der Waals surface area contributed by atoms with E-state index < -0.39 is 11.7 Å². The number of carbonyl (C=O) groups excluding carboxylic acids is 1. The molecule has 0 unspecified atom stereocenters. The number of halogens is 1.